The summed E-state index contributed by atoms with van der Waals surface area (Å²) in [6, 6.07) is 15.0. The largest absolute Gasteiger partial charge is 0.480 e. The van der Waals surface area contributed by atoms with Gasteiger partial charge in [0, 0.05) is 25.3 Å². The summed E-state index contributed by atoms with van der Waals surface area (Å²) in [5.74, 6) is 6.83. The Morgan fingerprint density at radius 2 is 1.45 bits per heavy atom. The fourth-order valence-corrected chi connectivity index (χ4v) is 6.21. The number of carbonyl (C=O) groups is 3. The minimum absolute atomic E-state index is 0.0979. The molecule has 210 valence electrons. The SMILES string of the molecule is O=C(NCCCCC(NC(=O)OCC1c2ccccc2-c2ccccc21)C(=O)O)OCC1C2CCC#CCCC21. The number of amides is 2. The lowest BCUT2D eigenvalue weighted by molar-refractivity contribution is -0.139. The van der Waals surface area contributed by atoms with Crippen molar-refractivity contribution in [3.8, 4) is 23.0 Å². The molecule has 3 aliphatic rings. The molecular weight excluding hydrogens is 508 g/mol. The molecule has 2 amide bonds. The zero-order valence-corrected chi connectivity index (χ0v) is 22.6. The van der Waals surface area contributed by atoms with Crippen LogP contribution in [0.25, 0.3) is 11.1 Å². The first-order valence-electron chi connectivity index (χ1n) is 14.2. The van der Waals surface area contributed by atoms with Crippen LogP contribution in [0.3, 0.4) is 0 Å². The fraction of sp³-hybridized carbons (Fsp3) is 0.469. The third-order valence-electron chi connectivity index (χ3n) is 8.37. The molecule has 3 atom stereocenters. The molecule has 0 heterocycles. The van der Waals surface area contributed by atoms with E-state index in [0.29, 0.717) is 43.7 Å². The van der Waals surface area contributed by atoms with E-state index < -0.39 is 24.2 Å². The summed E-state index contributed by atoms with van der Waals surface area (Å²) in [6.07, 6.45) is 4.13. The standard InChI is InChI=1S/C32H36N2O6/c35-30(36)29(17-9-10-18-33-31(37)39-19-27-25-11-3-1-2-4-12-26(25)27)34-32(38)40-20-28-23-15-7-5-13-21(23)22-14-6-8-16-24(22)28/h5-8,13-16,25-29H,3-4,9-12,17-20H2,(H,33,37)(H,34,38)(H,35,36). The molecule has 2 aromatic rings. The van der Waals surface area contributed by atoms with E-state index in [4.69, 9.17) is 9.47 Å². The van der Waals surface area contributed by atoms with Gasteiger partial charge in [-0.25, -0.2) is 14.4 Å². The number of ether oxygens (including phenoxy) is 2. The van der Waals surface area contributed by atoms with Gasteiger partial charge in [0.05, 0.1) is 6.61 Å². The third kappa shape index (κ3) is 6.59. The Morgan fingerprint density at radius 1 is 0.850 bits per heavy atom. The van der Waals surface area contributed by atoms with Crippen molar-refractivity contribution in [3.05, 3.63) is 59.7 Å². The Balaban J connectivity index is 0.989. The van der Waals surface area contributed by atoms with E-state index in [0.717, 1.165) is 47.9 Å². The maximum absolute atomic E-state index is 12.5. The molecule has 0 aliphatic heterocycles. The van der Waals surface area contributed by atoms with Crippen LogP contribution in [-0.4, -0.2) is 49.1 Å². The Labute approximate surface area is 234 Å². The van der Waals surface area contributed by atoms with E-state index in [-0.39, 0.29) is 18.9 Å². The van der Waals surface area contributed by atoms with Crippen LogP contribution in [0.5, 0.6) is 0 Å². The van der Waals surface area contributed by atoms with Gasteiger partial charge in [-0.1, -0.05) is 48.5 Å². The van der Waals surface area contributed by atoms with Gasteiger partial charge in [-0.15, -0.1) is 11.8 Å². The lowest BCUT2D eigenvalue weighted by atomic mass is 9.98. The van der Waals surface area contributed by atoms with Crippen molar-refractivity contribution < 1.29 is 29.0 Å². The van der Waals surface area contributed by atoms with Gasteiger partial charge in [-0.05, 0) is 72.1 Å². The van der Waals surface area contributed by atoms with Crippen LogP contribution >= 0.6 is 0 Å². The number of fused-ring (bicyclic) bond motifs is 4. The molecule has 0 bridgehead atoms. The molecule has 3 unspecified atom stereocenters. The van der Waals surface area contributed by atoms with Gasteiger partial charge < -0.3 is 25.2 Å². The normalized spacial score (nSPS) is 21.1. The second-order valence-electron chi connectivity index (χ2n) is 10.8. The minimum atomic E-state index is -1.12. The predicted octanol–water partition coefficient (Wildman–Crippen LogP) is 5.31. The monoisotopic (exact) mass is 544 g/mol. The smallest absolute Gasteiger partial charge is 0.407 e. The Hall–Kier alpha value is -3.99. The lowest BCUT2D eigenvalue weighted by Gasteiger charge is -2.17. The van der Waals surface area contributed by atoms with Gasteiger partial charge in [0.25, 0.3) is 0 Å². The lowest BCUT2D eigenvalue weighted by Crippen LogP contribution is -2.41. The number of benzene rings is 2. The van der Waals surface area contributed by atoms with E-state index in [9.17, 15) is 19.5 Å². The Morgan fingerprint density at radius 3 is 2.08 bits per heavy atom. The first-order chi connectivity index (χ1) is 19.5. The molecule has 3 N–H and O–H groups in total. The Bertz CT molecular complexity index is 1230. The molecule has 5 rings (SSSR count). The van der Waals surface area contributed by atoms with E-state index in [1.54, 1.807) is 0 Å². The maximum Gasteiger partial charge on any atom is 0.407 e. The highest BCUT2D eigenvalue weighted by atomic mass is 16.6. The molecule has 1 fully saturated rings. The molecular formula is C32H36N2O6. The summed E-state index contributed by atoms with van der Waals surface area (Å²) in [5.41, 5.74) is 4.43. The average Bonchev–Trinajstić information content (AvgIpc) is 3.48. The van der Waals surface area contributed by atoms with Crippen molar-refractivity contribution in [2.24, 2.45) is 17.8 Å². The van der Waals surface area contributed by atoms with Gasteiger partial charge in [0.15, 0.2) is 0 Å². The number of nitrogens with one attached hydrogen (secondary N) is 2. The van der Waals surface area contributed by atoms with Gasteiger partial charge in [-0.2, -0.15) is 0 Å². The van der Waals surface area contributed by atoms with Gasteiger partial charge in [0.2, 0.25) is 0 Å². The minimum Gasteiger partial charge on any atom is -0.480 e. The number of carboxylic acids is 1. The van der Waals surface area contributed by atoms with Gasteiger partial charge in [0.1, 0.15) is 12.6 Å². The summed E-state index contributed by atoms with van der Waals surface area (Å²) in [4.78, 5) is 36.3. The number of alkyl carbamates (subject to hydrolysis) is 2. The molecule has 8 heteroatoms. The Kier molecular flexibility index (Phi) is 8.90. The molecule has 0 spiro atoms. The number of hydrogen-bond donors (Lipinski definition) is 3. The third-order valence-corrected chi connectivity index (χ3v) is 8.37. The quantitative estimate of drug-likeness (QED) is 0.261. The topological polar surface area (TPSA) is 114 Å². The number of unbranched alkanes of at least 4 members (excludes halogenated alkanes) is 1. The summed E-state index contributed by atoms with van der Waals surface area (Å²) < 4.78 is 10.9. The number of carbonyl (C=O) groups excluding carboxylic acids is 2. The highest BCUT2D eigenvalue weighted by Crippen LogP contribution is 2.52. The molecule has 0 saturated heterocycles. The molecule has 40 heavy (non-hydrogen) atoms. The first-order valence-corrected chi connectivity index (χ1v) is 14.2. The van der Waals surface area contributed by atoms with Crippen molar-refractivity contribution >= 4 is 18.2 Å². The number of carboxylic acid groups (broad SMARTS) is 1. The van der Waals surface area contributed by atoms with E-state index in [1.165, 1.54) is 0 Å². The molecule has 2 aromatic carbocycles. The van der Waals surface area contributed by atoms with E-state index >= 15 is 0 Å². The number of hydrogen-bond acceptors (Lipinski definition) is 5. The zero-order chi connectivity index (χ0) is 27.9. The highest BCUT2D eigenvalue weighted by Gasteiger charge is 2.49. The second kappa shape index (κ2) is 12.9. The van der Waals surface area contributed by atoms with E-state index in [2.05, 4.69) is 34.6 Å². The summed E-state index contributed by atoms with van der Waals surface area (Å²) in [6.45, 7) is 0.933. The van der Waals surface area contributed by atoms with E-state index in [1.807, 2.05) is 36.4 Å². The van der Waals surface area contributed by atoms with Crippen LogP contribution in [-0.2, 0) is 14.3 Å². The van der Waals surface area contributed by atoms with Gasteiger partial charge >= 0.3 is 18.2 Å². The molecule has 3 aliphatic carbocycles. The van der Waals surface area contributed by atoms with Crippen LogP contribution in [0.15, 0.2) is 48.5 Å². The summed E-state index contributed by atoms with van der Waals surface area (Å²) >= 11 is 0. The van der Waals surface area contributed by atoms with Crippen molar-refractivity contribution in [1.29, 1.82) is 0 Å². The number of aliphatic carboxylic acids is 1. The van der Waals surface area contributed by atoms with Crippen LogP contribution < -0.4 is 10.6 Å². The second-order valence-corrected chi connectivity index (χ2v) is 10.8. The first kappa shape index (κ1) is 27.6. The van der Waals surface area contributed by atoms with Crippen LogP contribution in [0.4, 0.5) is 9.59 Å². The van der Waals surface area contributed by atoms with Gasteiger partial charge in [-0.3, -0.25) is 0 Å². The van der Waals surface area contributed by atoms with Crippen molar-refractivity contribution in [2.45, 2.75) is 56.9 Å². The van der Waals surface area contributed by atoms with Crippen LogP contribution in [0, 0.1) is 29.6 Å². The summed E-state index contributed by atoms with van der Waals surface area (Å²) in [7, 11) is 0. The fourth-order valence-electron chi connectivity index (χ4n) is 6.21. The number of rotatable bonds is 11. The molecule has 0 aromatic heterocycles. The highest BCUT2D eigenvalue weighted by molar-refractivity contribution is 5.81. The summed E-state index contributed by atoms with van der Waals surface area (Å²) in [5, 5.41) is 14.8. The van der Waals surface area contributed by atoms with Crippen molar-refractivity contribution in [1.82, 2.24) is 10.6 Å². The van der Waals surface area contributed by atoms with Crippen molar-refractivity contribution in [2.75, 3.05) is 19.8 Å². The maximum atomic E-state index is 12.5. The zero-order valence-electron chi connectivity index (χ0n) is 22.6. The molecule has 8 nitrogen and oxygen atoms in total. The molecule has 0 radical (unpaired) electrons. The average molecular weight is 545 g/mol. The van der Waals surface area contributed by atoms with Crippen LogP contribution in [0.1, 0.15) is 62.0 Å². The van der Waals surface area contributed by atoms with Crippen LogP contribution in [0.2, 0.25) is 0 Å². The predicted molar refractivity (Wildman–Crippen MR) is 150 cm³/mol. The molecule has 1 saturated carbocycles. The van der Waals surface area contributed by atoms with Crippen molar-refractivity contribution in [3.63, 3.8) is 0 Å².